The van der Waals surface area contributed by atoms with Crippen LogP contribution in [-0.4, -0.2) is 68.5 Å². The van der Waals surface area contributed by atoms with E-state index >= 15 is 0 Å². The third-order valence-corrected chi connectivity index (χ3v) is 12.6. The summed E-state index contributed by atoms with van der Waals surface area (Å²) >= 11 is 0. The molecule has 0 bridgehead atoms. The minimum Gasteiger partial charge on any atom is -0.756 e. The third-order valence-electron chi connectivity index (χ3n) is 11.6. The number of carbonyl (C=O) groups excluding carboxylic acids is 1. The summed E-state index contributed by atoms with van der Waals surface area (Å²) in [4.78, 5) is 25.4. The summed E-state index contributed by atoms with van der Waals surface area (Å²) in [7, 11) is 1.32. The van der Waals surface area contributed by atoms with E-state index in [1.54, 1.807) is 0 Å². The van der Waals surface area contributed by atoms with Gasteiger partial charge in [-0.15, -0.1) is 0 Å². The van der Waals surface area contributed by atoms with Crippen molar-refractivity contribution in [2.24, 2.45) is 0 Å². The van der Waals surface area contributed by atoms with Crippen LogP contribution < -0.4 is 10.2 Å². The molecule has 0 fully saturated rings. The van der Waals surface area contributed by atoms with Crippen LogP contribution in [0.4, 0.5) is 0 Å². The van der Waals surface area contributed by atoms with Crippen LogP contribution in [-0.2, 0) is 18.4 Å². The first-order chi connectivity index (χ1) is 27.5. The van der Waals surface area contributed by atoms with Gasteiger partial charge in [-0.3, -0.25) is 9.36 Å². The van der Waals surface area contributed by atoms with Crippen molar-refractivity contribution in [1.29, 1.82) is 0 Å². The van der Waals surface area contributed by atoms with Crippen LogP contribution in [0.2, 0.25) is 0 Å². The van der Waals surface area contributed by atoms with E-state index in [1.807, 2.05) is 21.1 Å². The number of phosphoric ester groups is 1. The second kappa shape index (κ2) is 40.9. The predicted octanol–water partition coefficient (Wildman–Crippen LogP) is 13.5. The molecule has 0 aromatic rings. The lowest BCUT2D eigenvalue weighted by Gasteiger charge is -2.30. The molecular weight excluding hydrogens is 732 g/mol. The Bertz CT molecular complexity index is 901. The number of amides is 1. The van der Waals surface area contributed by atoms with Gasteiger partial charge in [0.1, 0.15) is 13.2 Å². The zero-order valence-corrected chi connectivity index (χ0v) is 39.7. The standard InChI is InChI=1S/C48H99N2O6P/c1-6-8-10-12-14-16-18-20-22-24-26-27-29-31-33-35-37-39-41-47(51)46(45-56-57(53,54)55-44-43-50(3,4)5)49-48(52)42-40-38-36-34-32-30-28-25-23-21-19-17-15-13-11-9-7-2/h46-47,51H,6-45H2,1-5H3,(H-,49,52,53,54). The molecule has 0 saturated heterocycles. The average Bonchev–Trinajstić information content (AvgIpc) is 3.16. The number of nitrogens with one attached hydrogen (secondary N) is 1. The van der Waals surface area contributed by atoms with Crippen LogP contribution in [0.1, 0.15) is 251 Å². The number of nitrogens with zero attached hydrogens (tertiary/aromatic N) is 1. The Balaban J connectivity index is 4.25. The molecule has 342 valence electrons. The molecule has 0 rings (SSSR count). The number of rotatable bonds is 46. The summed E-state index contributed by atoms with van der Waals surface area (Å²) in [6.07, 6.45) is 45.3. The van der Waals surface area contributed by atoms with Gasteiger partial charge in [-0.25, -0.2) is 0 Å². The summed E-state index contributed by atoms with van der Waals surface area (Å²) in [6.45, 7) is 4.76. The van der Waals surface area contributed by atoms with E-state index in [-0.39, 0.29) is 19.1 Å². The van der Waals surface area contributed by atoms with Gasteiger partial charge in [-0.2, -0.15) is 0 Å². The molecular formula is C48H99N2O6P. The number of hydrogen-bond acceptors (Lipinski definition) is 6. The summed E-state index contributed by atoms with van der Waals surface area (Å²) < 4.78 is 23.3. The number of unbranched alkanes of at least 4 members (excludes halogenated alkanes) is 33. The van der Waals surface area contributed by atoms with Crippen molar-refractivity contribution in [3.8, 4) is 0 Å². The fraction of sp³-hybridized carbons (Fsp3) is 0.979. The molecule has 0 spiro atoms. The lowest BCUT2D eigenvalue weighted by Crippen LogP contribution is -2.46. The summed E-state index contributed by atoms with van der Waals surface area (Å²) in [6, 6.07) is -0.793. The largest absolute Gasteiger partial charge is 0.756 e. The number of phosphoric acid groups is 1. The van der Waals surface area contributed by atoms with E-state index in [1.165, 1.54) is 186 Å². The van der Waals surface area contributed by atoms with Crippen LogP contribution in [0.5, 0.6) is 0 Å². The minimum absolute atomic E-state index is 0.0163. The van der Waals surface area contributed by atoms with Crippen LogP contribution in [0.15, 0.2) is 0 Å². The topological polar surface area (TPSA) is 108 Å². The highest BCUT2D eigenvalue weighted by atomic mass is 31.2. The van der Waals surface area contributed by atoms with E-state index in [0.717, 1.165) is 38.5 Å². The zero-order valence-electron chi connectivity index (χ0n) is 38.8. The molecule has 9 heteroatoms. The van der Waals surface area contributed by atoms with Crippen molar-refractivity contribution < 1.29 is 32.9 Å². The molecule has 3 atom stereocenters. The summed E-state index contributed by atoms with van der Waals surface area (Å²) in [5.41, 5.74) is 0. The van der Waals surface area contributed by atoms with Crippen LogP contribution in [0, 0.1) is 0 Å². The number of quaternary nitrogens is 1. The molecule has 1 amide bonds. The Morgan fingerprint density at radius 3 is 1.19 bits per heavy atom. The van der Waals surface area contributed by atoms with E-state index in [9.17, 15) is 19.4 Å². The van der Waals surface area contributed by atoms with Crippen molar-refractivity contribution in [3.05, 3.63) is 0 Å². The molecule has 0 aliphatic carbocycles. The Hall–Kier alpha value is -0.500. The first kappa shape index (κ1) is 56.5. The van der Waals surface area contributed by atoms with Gasteiger partial charge in [-0.05, 0) is 12.8 Å². The highest BCUT2D eigenvalue weighted by molar-refractivity contribution is 7.45. The number of aliphatic hydroxyl groups excluding tert-OH is 1. The second-order valence-electron chi connectivity index (χ2n) is 18.5. The SMILES string of the molecule is CCCCCCCCCCCCCCCCCCCCC(O)C(COP(=O)([O-])OCC[N+](C)(C)C)NC(=O)CCCCCCCCCCCCCCCCCCC. The molecule has 0 radical (unpaired) electrons. The molecule has 2 N–H and O–H groups in total. The fourth-order valence-corrected chi connectivity index (χ4v) is 8.35. The van der Waals surface area contributed by atoms with E-state index in [4.69, 9.17) is 9.05 Å². The molecule has 0 heterocycles. The number of aliphatic hydroxyl groups is 1. The lowest BCUT2D eigenvalue weighted by atomic mass is 10.0. The van der Waals surface area contributed by atoms with Crippen LogP contribution in [0.3, 0.4) is 0 Å². The molecule has 57 heavy (non-hydrogen) atoms. The Labute approximate surface area is 355 Å². The van der Waals surface area contributed by atoms with Crippen LogP contribution in [0.25, 0.3) is 0 Å². The smallest absolute Gasteiger partial charge is 0.268 e. The monoisotopic (exact) mass is 831 g/mol. The molecule has 0 aromatic carbocycles. The van der Waals surface area contributed by atoms with Crippen molar-refractivity contribution in [3.63, 3.8) is 0 Å². The molecule has 0 saturated carbocycles. The van der Waals surface area contributed by atoms with E-state index < -0.39 is 20.0 Å². The van der Waals surface area contributed by atoms with Gasteiger partial charge in [0.15, 0.2) is 0 Å². The summed E-state index contributed by atoms with van der Waals surface area (Å²) in [5, 5.41) is 14.0. The molecule has 0 aliphatic rings. The van der Waals surface area contributed by atoms with Gasteiger partial charge in [0, 0.05) is 6.42 Å². The Morgan fingerprint density at radius 2 is 0.860 bits per heavy atom. The van der Waals surface area contributed by atoms with Gasteiger partial charge >= 0.3 is 0 Å². The molecule has 0 aliphatic heterocycles. The molecule has 8 nitrogen and oxygen atoms in total. The third kappa shape index (κ3) is 43.4. The lowest BCUT2D eigenvalue weighted by molar-refractivity contribution is -0.870. The van der Waals surface area contributed by atoms with Crippen molar-refractivity contribution in [2.75, 3.05) is 40.9 Å². The maximum absolute atomic E-state index is 12.9. The molecule has 3 unspecified atom stereocenters. The highest BCUT2D eigenvalue weighted by Gasteiger charge is 2.24. The maximum atomic E-state index is 12.9. The fourth-order valence-electron chi connectivity index (χ4n) is 7.63. The highest BCUT2D eigenvalue weighted by Crippen LogP contribution is 2.38. The summed E-state index contributed by atoms with van der Waals surface area (Å²) in [5.74, 6) is -0.159. The normalized spacial score (nSPS) is 14.2. The van der Waals surface area contributed by atoms with Gasteiger partial charge in [0.05, 0.1) is 39.9 Å². The number of carbonyl (C=O) groups is 1. The minimum atomic E-state index is -4.56. The maximum Gasteiger partial charge on any atom is 0.268 e. The number of hydrogen-bond donors (Lipinski definition) is 2. The Kier molecular flexibility index (Phi) is 40.5. The quantitative estimate of drug-likeness (QED) is 0.0359. The van der Waals surface area contributed by atoms with Gasteiger partial charge in [0.2, 0.25) is 5.91 Å². The average molecular weight is 831 g/mol. The predicted molar refractivity (Wildman–Crippen MR) is 243 cm³/mol. The zero-order chi connectivity index (χ0) is 42.1. The van der Waals surface area contributed by atoms with E-state index in [2.05, 4.69) is 19.2 Å². The second-order valence-corrected chi connectivity index (χ2v) is 19.9. The van der Waals surface area contributed by atoms with Crippen LogP contribution >= 0.6 is 7.82 Å². The first-order valence-corrected chi connectivity index (χ1v) is 26.3. The van der Waals surface area contributed by atoms with E-state index in [0.29, 0.717) is 23.9 Å². The van der Waals surface area contributed by atoms with Gasteiger partial charge in [0.25, 0.3) is 7.82 Å². The van der Waals surface area contributed by atoms with Crippen molar-refractivity contribution in [2.45, 2.75) is 264 Å². The molecule has 0 aromatic heterocycles. The number of likely N-dealkylation sites (N-methyl/N-ethyl adjacent to an activating group) is 1. The van der Waals surface area contributed by atoms with Gasteiger partial charge in [-0.1, -0.05) is 232 Å². The first-order valence-electron chi connectivity index (χ1n) is 24.9. The Morgan fingerprint density at radius 1 is 0.544 bits per heavy atom. The van der Waals surface area contributed by atoms with Crippen molar-refractivity contribution in [1.82, 2.24) is 5.32 Å². The van der Waals surface area contributed by atoms with Gasteiger partial charge < -0.3 is 28.8 Å². The van der Waals surface area contributed by atoms with Crippen molar-refractivity contribution >= 4 is 13.7 Å².